The lowest BCUT2D eigenvalue weighted by atomic mass is 9.89. The SMILES string of the molecule is C#Cc1c(F)ccc2cccc(-c3nc4c5c(nc(OC[C@@]67CCCN6C[C@@H](CC(F)(F)F)C7)nc5c3F)N3C[C@@H](CC)NC[C@H]3CC4)c12. The third kappa shape index (κ3) is 5.55. The maximum absolute atomic E-state index is 17.1. The Morgan fingerprint density at radius 1 is 1.10 bits per heavy atom. The van der Waals surface area contributed by atoms with Crippen LogP contribution in [0, 0.1) is 29.9 Å². The van der Waals surface area contributed by atoms with E-state index < -0.39 is 35.7 Å². The van der Waals surface area contributed by atoms with Gasteiger partial charge < -0.3 is 15.0 Å². The summed E-state index contributed by atoms with van der Waals surface area (Å²) in [6.07, 6.45) is 4.82. The van der Waals surface area contributed by atoms with E-state index in [1.807, 2.05) is 0 Å². The first-order chi connectivity index (χ1) is 23.6. The molecule has 2 aromatic carbocycles. The third-order valence-corrected chi connectivity index (χ3v) is 11.1. The van der Waals surface area contributed by atoms with Crippen LogP contribution in [0.5, 0.6) is 6.01 Å². The van der Waals surface area contributed by atoms with Gasteiger partial charge in [-0.2, -0.15) is 23.1 Å². The highest BCUT2D eigenvalue weighted by Gasteiger charge is 2.51. The number of rotatable bonds is 6. The Balaban J connectivity index is 1.26. The topological polar surface area (TPSA) is 66.4 Å². The molecule has 0 bridgehead atoms. The van der Waals surface area contributed by atoms with Gasteiger partial charge in [0.25, 0.3) is 0 Å². The van der Waals surface area contributed by atoms with Crippen LogP contribution in [0.3, 0.4) is 0 Å². The zero-order chi connectivity index (χ0) is 34.1. The van der Waals surface area contributed by atoms with Crippen molar-refractivity contribution in [3.63, 3.8) is 0 Å². The molecule has 8 rings (SSSR count). The summed E-state index contributed by atoms with van der Waals surface area (Å²) >= 11 is 0. The van der Waals surface area contributed by atoms with Gasteiger partial charge in [0.1, 0.15) is 29.5 Å². The van der Waals surface area contributed by atoms with E-state index in [-0.39, 0.29) is 41.5 Å². The molecule has 0 aliphatic carbocycles. The van der Waals surface area contributed by atoms with Crippen LogP contribution in [-0.2, 0) is 6.42 Å². The Morgan fingerprint density at radius 2 is 1.96 bits per heavy atom. The molecular formula is C37H37F5N6O. The summed E-state index contributed by atoms with van der Waals surface area (Å²) in [7, 11) is 0. The second kappa shape index (κ2) is 12.1. The molecule has 7 nitrogen and oxygen atoms in total. The predicted octanol–water partition coefficient (Wildman–Crippen LogP) is 6.79. The number of halogens is 5. The Kier molecular flexibility index (Phi) is 7.91. The van der Waals surface area contributed by atoms with Crippen molar-refractivity contribution in [2.75, 3.05) is 37.7 Å². The average Bonchev–Trinajstić information content (AvgIpc) is 3.57. The summed E-state index contributed by atoms with van der Waals surface area (Å²) in [5, 5.41) is 5.18. The molecule has 0 spiro atoms. The zero-order valence-corrected chi connectivity index (χ0v) is 27.2. The van der Waals surface area contributed by atoms with Gasteiger partial charge in [-0.15, -0.1) is 6.42 Å². The van der Waals surface area contributed by atoms with Crippen molar-refractivity contribution >= 4 is 27.5 Å². The van der Waals surface area contributed by atoms with Crippen LogP contribution in [0.15, 0.2) is 30.3 Å². The number of hydrogen-bond donors (Lipinski definition) is 1. The van der Waals surface area contributed by atoms with Crippen LogP contribution < -0.4 is 15.0 Å². The van der Waals surface area contributed by atoms with Gasteiger partial charge in [0.05, 0.1) is 22.2 Å². The Bertz CT molecular complexity index is 1990. The fourth-order valence-electron chi connectivity index (χ4n) is 8.80. The quantitative estimate of drug-likeness (QED) is 0.178. The van der Waals surface area contributed by atoms with Gasteiger partial charge in [-0.3, -0.25) is 4.90 Å². The number of benzene rings is 2. The molecule has 0 saturated carbocycles. The zero-order valence-electron chi connectivity index (χ0n) is 27.2. The minimum absolute atomic E-state index is 0.0154. The van der Waals surface area contributed by atoms with Gasteiger partial charge in [0.2, 0.25) is 0 Å². The first kappa shape index (κ1) is 32.1. The van der Waals surface area contributed by atoms with E-state index >= 15 is 4.39 Å². The number of aryl methyl sites for hydroxylation is 1. The van der Waals surface area contributed by atoms with Crippen molar-refractivity contribution in [2.24, 2.45) is 5.92 Å². The molecule has 49 heavy (non-hydrogen) atoms. The fraction of sp³-hybridized carbons (Fsp3) is 0.486. The van der Waals surface area contributed by atoms with E-state index in [1.54, 1.807) is 24.3 Å². The molecule has 256 valence electrons. The van der Waals surface area contributed by atoms with Gasteiger partial charge in [0.15, 0.2) is 5.82 Å². The number of aromatic nitrogens is 3. The molecule has 3 saturated heterocycles. The first-order valence-corrected chi connectivity index (χ1v) is 17.1. The van der Waals surface area contributed by atoms with Gasteiger partial charge in [0, 0.05) is 49.1 Å². The van der Waals surface area contributed by atoms with Crippen LogP contribution in [0.2, 0.25) is 0 Å². The smallest absolute Gasteiger partial charge is 0.389 e. The van der Waals surface area contributed by atoms with Crippen molar-refractivity contribution < 1.29 is 26.7 Å². The second-order valence-corrected chi connectivity index (χ2v) is 14.1. The number of nitrogens with one attached hydrogen (secondary N) is 1. The van der Waals surface area contributed by atoms with Crippen LogP contribution in [0.25, 0.3) is 32.9 Å². The largest absolute Gasteiger partial charge is 0.461 e. The fourth-order valence-corrected chi connectivity index (χ4v) is 8.80. The molecule has 0 unspecified atom stereocenters. The van der Waals surface area contributed by atoms with E-state index in [1.165, 1.54) is 6.07 Å². The predicted molar refractivity (Wildman–Crippen MR) is 177 cm³/mol. The molecule has 12 heteroatoms. The highest BCUT2D eigenvalue weighted by molar-refractivity contribution is 6.02. The van der Waals surface area contributed by atoms with Crippen molar-refractivity contribution in [1.82, 2.24) is 25.2 Å². The number of pyridine rings is 1. The molecule has 0 radical (unpaired) electrons. The third-order valence-electron chi connectivity index (χ3n) is 11.1. The minimum Gasteiger partial charge on any atom is -0.461 e. The summed E-state index contributed by atoms with van der Waals surface area (Å²) in [6, 6.07) is 8.40. The molecule has 2 aromatic heterocycles. The molecule has 4 aliphatic heterocycles. The van der Waals surface area contributed by atoms with E-state index in [4.69, 9.17) is 21.1 Å². The van der Waals surface area contributed by atoms with E-state index in [0.29, 0.717) is 72.1 Å². The van der Waals surface area contributed by atoms with E-state index in [9.17, 15) is 17.6 Å². The molecule has 6 heterocycles. The Morgan fingerprint density at radius 3 is 2.76 bits per heavy atom. The van der Waals surface area contributed by atoms with Gasteiger partial charge in [-0.05, 0) is 62.4 Å². The number of hydrogen-bond acceptors (Lipinski definition) is 7. The molecule has 4 atom stereocenters. The number of ether oxygens (including phenoxy) is 1. The standard InChI is InChI=1S/C37H37F5N6O/c1-3-23-19-48-24(17-43-23)10-12-28-30-33(31(39)32(44-28)26-8-5-7-22-9-11-27(38)25(4-2)29(22)26)45-35(46-34(30)48)49-20-36-13-6-14-47(36)18-21(15-36)16-37(40,41)42/h2,5,7-9,11,21,23-24,43H,3,6,10,12-20H2,1H3/t21-,23-,24-,36+/m1/s1. The van der Waals surface area contributed by atoms with Crippen molar-refractivity contribution in [3.8, 4) is 29.6 Å². The molecule has 4 aliphatic rings. The second-order valence-electron chi connectivity index (χ2n) is 14.1. The molecule has 1 N–H and O–H groups in total. The van der Waals surface area contributed by atoms with Crippen LogP contribution in [0.4, 0.5) is 27.8 Å². The summed E-state index contributed by atoms with van der Waals surface area (Å²) < 4.78 is 78.4. The lowest BCUT2D eigenvalue weighted by molar-refractivity contribution is -0.143. The number of piperazine rings is 1. The minimum atomic E-state index is -4.23. The van der Waals surface area contributed by atoms with Gasteiger partial charge in [-0.1, -0.05) is 37.1 Å². The van der Waals surface area contributed by atoms with Crippen molar-refractivity contribution in [1.29, 1.82) is 0 Å². The summed E-state index contributed by atoms with van der Waals surface area (Å²) in [5.41, 5.74) is 0.533. The lowest BCUT2D eigenvalue weighted by Crippen LogP contribution is -2.56. The lowest BCUT2D eigenvalue weighted by Gasteiger charge is -2.40. The number of nitrogens with zero attached hydrogens (tertiary/aromatic N) is 5. The van der Waals surface area contributed by atoms with Crippen molar-refractivity contribution in [3.05, 3.63) is 53.2 Å². The van der Waals surface area contributed by atoms with E-state index in [2.05, 4.69) is 32.9 Å². The van der Waals surface area contributed by atoms with E-state index in [0.717, 1.165) is 25.8 Å². The normalized spacial score (nSPS) is 25.3. The molecular weight excluding hydrogens is 639 g/mol. The van der Waals surface area contributed by atoms with Gasteiger partial charge in [-0.25, -0.2) is 13.8 Å². The number of terminal acetylenes is 1. The van der Waals surface area contributed by atoms with Crippen LogP contribution in [-0.4, -0.2) is 76.4 Å². The summed E-state index contributed by atoms with van der Waals surface area (Å²) in [4.78, 5) is 18.8. The number of anilines is 1. The van der Waals surface area contributed by atoms with Crippen molar-refractivity contribution in [2.45, 2.75) is 75.7 Å². The van der Waals surface area contributed by atoms with Gasteiger partial charge >= 0.3 is 12.2 Å². The molecule has 4 aromatic rings. The molecule has 3 fully saturated rings. The monoisotopic (exact) mass is 676 g/mol. The Labute approximate surface area is 281 Å². The summed E-state index contributed by atoms with van der Waals surface area (Å²) in [6.45, 7) is 4.66. The number of fused-ring (bicyclic) bond motifs is 4. The highest BCUT2D eigenvalue weighted by atomic mass is 19.4. The number of alkyl halides is 3. The van der Waals surface area contributed by atoms with Crippen LogP contribution >= 0.6 is 0 Å². The highest BCUT2D eigenvalue weighted by Crippen LogP contribution is 2.46. The average molecular weight is 677 g/mol. The van der Waals surface area contributed by atoms with Crippen LogP contribution in [0.1, 0.15) is 56.7 Å². The molecule has 0 amide bonds. The first-order valence-electron chi connectivity index (χ1n) is 17.1. The Hall–Kier alpha value is -4.08. The maximum atomic E-state index is 17.1. The summed E-state index contributed by atoms with van der Waals surface area (Å²) in [5.74, 6) is 1.20. The maximum Gasteiger partial charge on any atom is 0.389 e.